The first-order valence-electron chi connectivity index (χ1n) is 6.91. The highest BCUT2D eigenvalue weighted by Crippen LogP contribution is 2.25. The molecule has 1 aromatic carbocycles. The van der Waals surface area contributed by atoms with Crippen LogP contribution in [-0.2, 0) is 12.8 Å². The topological polar surface area (TPSA) is 36.9 Å². The van der Waals surface area contributed by atoms with Crippen molar-refractivity contribution in [3.05, 3.63) is 29.3 Å². The average Bonchev–Trinajstić information content (AvgIpc) is 2.85. The second-order valence-electron chi connectivity index (χ2n) is 4.92. The number of ether oxygens (including phenoxy) is 1. The van der Waals surface area contributed by atoms with Gasteiger partial charge in [-0.05, 0) is 30.5 Å². The molecule has 5 heteroatoms. The highest BCUT2D eigenvalue weighted by atomic mass is 127. The molecule has 4 nitrogen and oxygen atoms in total. The van der Waals surface area contributed by atoms with Crippen molar-refractivity contribution in [2.45, 2.75) is 19.8 Å². The summed E-state index contributed by atoms with van der Waals surface area (Å²) < 4.78 is 5.52. The number of nitrogens with one attached hydrogen (secondary N) is 1. The van der Waals surface area contributed by atoms with Crippen LogP contribution in [0.15, 0.2) is 23.2 Å². The number of hydrogen-bond donors (Lipinski definition) is 1. The number of benzene rings is 1. The lowest BCUT2D eigenvalue weighted by atomic mass is 10.1. The molecule has 1 aromatic rings. The zero-order valence-electron chi connectivity index (χ0n) is 12.5. The summed E-state index contributed by atoms with van der Waals surface area (Å²) in [5, 5.41) is 3.27. The number of fused-ring (bicyclic) bond motifs is 1. The fourth-order valence-electron chi connectivity index (χ4n) is 2.20. The predicted octanol–water partition coefficient (Wildman–Crippen LogP) is 2.31. The highest BCUT2D eigenvalue weighted by molar-refractivity contribution is 14.0. The van der Waals surface area contributed by atoms with E-state index >= 15 is 0 Å². The zero-order valence-corrected chi connectivity index (χ0v) is 14.8. The first-order valence-corrected chi connectivity index (χ1v) is 6.91. The Morgan fingerprint density at radius 1 is 1.40 bits per heavy atom. The molecule has 0 atom stereocenters. The molecule has 0 saturated heterocycles. The van der Waals surface area contributed by atoms with E-state index in [0.29, 0.717) is 0 Å². The first-order chi connectivity index (χ1) is 9.20. The Hall–Kier alpha value is -0.980. The number of nitrogens with zero attached hydrogens (tertiary/aromatic N) is 2. The van der Waals surface area contributed by atoms with Crippen molar-refractivity contribution in [1.29, 1.82) is 0 Å². The molecule has 0 saturated carbocycles. The number of aliphatic imine (C=N–C) groups is 1. The summed E-state index contributed by atoms with van der Waals surface area (Å²) >= 11 is 0. The Labute approximate surface area is 138 Å². The van der Waals surface area contributed by atoms with E-state index in [-0.39, 0.29) is 24.0 Å². The number of guanidine groups is 1. The summed E-state index contributed by atoms with van der Waals surface area (Å²) in [7, 11) is 4.02. The van der Waals surface area contributed by atoms with Crippen molar-refractivity contribution in [3.8, 4) is 5.75 Å². The number of rotatable bonds is 4. The Morgan fingerprint density at radius 3 is 2.90 bits per heavy atom. The summed E-state index contributed by atoms with van der Waals surface area (Å²) in [6, 6.07) is 6.47. The van der Waals surface area contributed by atoms with Gasteiger partial charge in [-0.2, -0.15) is 0 Å². The van der Waals surface area contributed by atoms with Crippen LogP contribution in [0.1, 0.15) is 18.1 Å². The van der Waals surface area contributed by atoms with Gasteiger partial charge in [-0.3, -0.25) is 4.99 Å². The van der Waals surface area contributed by atoms with Crippen LogP contribution >= 0.6 is 24.0 Å². The Bertz CT molecular complexity index is 460. The van der Waals surface area contributed by atoms with E-state index in [4.69, 9.17) is 4.74 Å². The van der Waals surface area contributed by atoms with Crippen LogP contribution in [0.4, 0.5) is 0 Å². The van der Waals surface area contributed by atoms with E-state index in [2.05, 4.69) is 35.4 Å². The molecular weight excluding hydrogens is 365 g/mol. The molecule has 0 bridgehead atoms. The lowest BCUT2D eigenvalue weighted by Crippen LogP contribution is -2.36. The molecule has 0 unspecified atom stereocenters. The first kappa shape index (κ1) is 17.1. The number of hydrogen-bond acceptors (Lipinski definition) is 2. The molecule has 20 heavy (non-hydrogen) atoms. The molecule has 0 radical (unpaired) electrons. The maximum Gasteiger partial charge on any atom is 0.193 e. The minimum Gasteiger partial charge on any atom is -0.493 e. The highest BCUT2D eigenvalue weighted by Gasteiger charge is 2.11. The van der Waals surface area contributed by atoms with Crippen molar-refractivity contribution in [2.75, 3.05) is 33.8 Å². The molecule has 1 aliphatic rings. The molecule has 0 aromatic heterocycles. The van der Waals surface area contributed by atoms with Gasteiger partial charge in [0.1, 0.15) is 5.75 Å². The Morgan fingerprint density at radius 2 is 2.20 bits per heavy atom. The van der Waals surface area contributed by atoms with Gasteiger partial charge in [-0.15, -0.1) is 24.0 Å². The van der Waals surface area contributed by atoms with Gasteiger partial charge in [0.15, 0.2) is 5.96 Å². The Balaban J connectivity index is 0.00000200. The quantitative estimate of drug-likeness (QED) is 0.488. The molecule has 1 heterocycles. The largest absolute Gasteiger partial charge is 0.493 e. The van der Waals surface area contributed by atoms with Gasteiger partial charge >= 0.3 is 0 Å². The second-order valence-corrected chi connectivity index (χ2v) is 4.92. The van der Waals surface area contributed by atoms with Crippen molar-refractivity contribution >= 4 is 29.9 Å². The molecule has 0 aliphatic carbocycles. The average molecular weight is 389 g/mol. The van der Waals surface area contributed by atoms with Gasteiger partial charge in [-0.25, -0.2) is 0 Å². The third kappa shape index (κ3) is 4.54. The van der Waals surface area contributed by atoms with Gasteiger partial charge in [-0.1, -0.05) is 12.1 Å². The van der Waals surface area contributed by atoms with E-state index in [1.807, 2.05) is 19.0 Å². The minimum absolute atomic E-state index is 0. The van der Waals surface area contributed by atoms with Crippen molar-refractivity contribution in [3.63, 3.8) is 0 Å². The molecular formula is C15H24IN3O. The second kappa shape index (κ2) is 8.34. The summed E-state index contributed by atoms with van der Waals surface area (Å²) in [5.41, 5.74) is 2.67. The van der Waals surface area contributed by atoms with E-state index < -0.39 is 0 Å². The van der Waals surface area contributed by atoms with Crippen LogP contribution in [0.25, 0.3) is 0 Å². The third-order valence-electron chi connectivity index (χ3n) is 3.17. The van der Waals surface area contributed by atoms with Crippen molar-refractivity contribution < 1.29 is 4.74 Å². The smallest absolute Gasteiger partial charge is 0.193 e. The van der Waals surface area contributed by atoms with Crippen molar-refractivity contribution in [2.24, 2.45) is 4.99 Å². The monoisotopic (exact) mass is 389 g/mol. The molecule has 0 spiro atoms. The molecule has 2 rings (SSSR count). The SMILES string of the molecule is CCNC(=NCCc1ccc2c(c1)CCO2)N(C)C.I. The fraction of sp³-hybridized carbons (Fsp3) is 0.533. The zero-order chi connectivity index (χ0) is 13.7. The van der Waals surface area contributed by atoms with E-state index in [1.54, 1.807) is 0 Å². The lowest BCUT2D eigenvalue weighted by molar-refractivity contribution is 0.357. The third-order valence-corrected chi connectivity index (χ3v) is 3.17. The van der Waals surface area contributed by atoms with Crippen LogP contribution in [-0.4, -0.2) is 44.7 Å². The molecule has 112 valence electrons. The summed E-state index contributed by atoms with van der Waals surface area (Å²) in [6.45, 7) is 4.61. The van der Waals surface area contributed by atoms with Crippen molar-refractivity contribution in [1.82, 2.24) is 10.2 Å². The maximum absolute atomic E-state index is 5.52. The molecule has 0 fully saturated rings. The normalized spacial score (nSPS) is 13.2. The minimum atomic E-state index is 0. The van der Waals surface area contributed by atoms with E-state index in [9.17, 15) is 0 Å². The van der Waals surface area contributed by atoms with Crippen LogP contribution in [0, 0.1) is 0 Å². The summed E-state index contributed by atoms with van der Waals surface area (Å²) in [5.74, 6) is 2.00. The molecule has 1 aliphatic heterocycles. The fourth-order valence-corrected chi connectivity index (χ4v) is 2.20. The maximum atomic E-state index is 5.52. The lowest BCUT2D eigenvalue weighted by Gasteiger charge is -2.16. The van der Waals surface area contributed by atoms with E-state index in [0.717, 1.165) is 44.2 Å². The van der Waals surface area contributed by atoms with Crippen LogP contribution in [0.5, 0.6) is 5.75 Å². The summed E-state index contributed by atoms with van der Waals surface area (Å²) in [4.78, 5) is 6.62. The van der Waals surface area contributed by atoms with E-state index in [1.165, 1.54) is 11.1 Å². The van der Waals surface area contributed by atoms with Gasteiger partial charge in [0, 0.05) is 33.6 Å². The van der Waals surface area contributed by atoms with Gasteiger partial charge < -0.3 is 15.0 Å². The van der Waals surface area contributed by atoms with Crippen LogP contribution in [0.3, 0.4) is 0 Å². The van der Waals surface area contributed by atoms with Crippen LogP contribution in [0.2, 0.25) is 0 Å². The standard InChI is InChI=1S/C15H23N3O.HI/c1-4-16-15(18(2)3)17-9-7-12-5-6-14-13(11-12)8-10-19-14;/h5-6,11H,4,7-10H2,1-3H3,(H,16,17);1H. The predicted molar refractivity (Wildman–Crippen MR) is 94.4 cm³/mol. The number of halogens is 1. The van der Waals surface area contributed by atoms with Gasteiger partial charge in [0.05, 0.1) is 6.61 Å². The summed E-state index contributed by atoms with van der Waals surface area (Å²) in [6.07, 6.45) is 2.00. The van der Waals surface area contributed by atoms with Gasteiger partial charge in [0.2, 0.25) is 0 Å². The molecule has 1 N–H and O–H groups in total. The van der Waals surface area contributed by atoms with Crippen LogP contribution < -0.4 is 10.1 Å². The Kier molecular flexibility index (Phi) is 7.12. The van der Waals surface area contributed by atoms with Gasteiger partial charge in [0.25, 0.3) is 0 Å². The molecule has 0 amide bonds.